The van der Waals surface area contributed by atoms with Crippen LogP contribution in [-0.2, 0) is 16.9 Å². The lowest BCUT2D eigenvalue weighted by molar-refractivity contribution is -0.0769. The van der Waals surface area contributed by atoms with E-state index in [4.69, 9.17) is 14.7 Å². The summed E-state index contributed by atoms with van der Waals surface area (Å²) in [5, 5.41) is 3.34. The van der Waals surface area contributed by atoms with E-state index >= 15 is 0 Å². The number of aromatic nitrogens is 2. The SMILES string of the molecule is CCNCc1cc(C)nc(C2(OCC)CCCCC2)n1. The van der Waals surface area contributed by atoms with Gasteiger partial charge in [0.25, 0.3) is 0 Å². The summed E-state index contributed by atoms with van der Waals surface area (Å²) in [5.41, 5.74) is 1.85. The predicted octanol–water partition coefficient (Wildman–Crippen LogP) is 3.09. The first-order valence-electron chi connectivity index (χ1n) is 7.90. The Kier molecular flexibility index (Phi) is 5.49. The molecule has 1 fully saturated rings. The minimum Gasteiger partial charge on any atom is -0.367 e. The third-order valence-electron chi connectivity index (χ3n) is 3.95. The van der Waals surface area contributed by atoms with Crippen LogP contribution in [0.3, 0.4) is 0 Å². The molecule has 1 heterocycles. The zero-order valence-corrected chi connectivity index (χ0v) is 13.0. The van der Waals surface area contributed by atoms with Crippen molar-refractivity contribution in [3.8, 4) is 0 Å². The number of nitrogens with zero attached hydrogens (tertiary/aromatic N) is 2. The molecule has 112 valence electrons. The summed E-state index contributed by atoms with van der Waals surface area (Å²) >= 11 is 0. The topological polar surface area (TPSA) is 47.0 Å². The van der Waals surface area contributed by atoms with Crippen LogP contribution in [-0.4, -0.2) is 23.1 Å². The molecule has 1 aliphatic rings. The van der Waals surface area contributed by atoms with E-state index in [1.807, 2.05) is 6.92 Å². The third-order valence-corrected chi connectivity index (χ3v) is 3.95. The minimum atomic E-state index is -0.250. The highest BCUT2D eigenvalue weighted by Crippen LogP contribution is 2.38. The Morgan fingerprint density at radius 1 is 1.20 bits per heavy atom. The Bertz CT molecular complexity index is 422. The van der Waals surface area contributed by atoms with Crippen molar-refractivity contribution in [1.29, 1.82) is 0 Å². The molecule has 4 nitrogen and oxygen atoms in total. The van der Waals surface area contributed by atoms with Gasteiger partial charge in [0.15, 0.2) is 5.82 Å². The Labute approximate surface area is 122 Å². The van der Waals surface area contributed by atoms with Crippen LogP contribution in [0.4, 0.5) is 0 Å². The number of aryl methyl sites for hydroxylation is 1. The highest BCUT2D eigenvalue weighted by molar-refractivity contribution is 5.15. The molecule has 0 unspecified atom stereocenters. The highest BCUT2D eigenvalue weighted by Gasteiger charge is 2.37. The first-order valence-corrected chi connectivity index (χ1v) is 7.90. The zero-order chi connectivity index (χ0) is 14.4. The summed E-state index contributed by atoms with van der Waals surface area (Å²) in [4.78, 5) is 9.48. The van der Waals surface area contributed by atoms with Crippen molar-refractivity contribution in [1.82, 2.24) is 15.3 Å². The summed E-state index contributed by atoms with van der Waals surface area (Å²) in [5.74, 6) is 0.895. The summed E-state index contributed by atoms with van der Waals surface area (Å²) in [6.07, 6.45) is 5.81. The fraction of sp³-hybridized carbons (Fsp3) is 0.750. The van der Waals surface area contributed by atoms with E-state index in [0.29, 0.717) is 0 Å². The van der Waals surface area contributed by atoms with Crippen LogP contribution in [0.2, 0.25) is 0 Å². The van der Waals surface area contributed by atoms with Crippen molar-refractivity contribution < 1.29 is 4.74 Å². The van der Waals surface area contributed by atoms with E-state index in [9.17, 15) is 0 Å². The predicted molar refractivity (Wildman–Crippen MR) is 80.5 cm³/mol. The average Bonchev–Trinajstić information content (AvgIpc) is 2.46. The first kappa shape index (κ1) is 15.4. The fourth-order valence-corrected chi connectivity index (χ4v) is 3.01. The minimum absolute atomic E-state index is 0.250. The Balaban J connectivity index is 2.29. The van der Waals surface area contributed by atoms with Crippen LogP contribution in [0.15, 0.2) is 6.07 Å². The number of ether oxygens (including phenoxy) is 1. The molecule has 2 rings (SSSR count). The molecular weight excluding hydrogens is 250 g/mol. The summed E-state index contributed by atoms with van der Waals surface area (Å²) in [7, 11) is 0. The van der Waals surface area contributed by atoms with E-state index in [0.717, 1.165) is 49.8 Å². The first-order chi connectivity index (χ1) is 9.70. The van der Waals surface area contributed by atoms with Gasteiger partial charge in [-0.1, -0.05) is 26.2 Å². The molecule has 0 spiro atoms. The second-order valence-electron chi connectivity index (χ2n) is 5.59. The van der Waals surface area contributed by atoms with E-state index in [1.165, 1.54) is 19.3 Å². The fourth-order valence-electron chi connectivity index (χ4n) is 3.01. The lowest BCUT2D eigenvalue weighted by Gasteiger charge is -2.35. The number of rotatable bonds is 6. The molecule has 0 atom stereocenters. The van der Waals surface area contributed by atoms with Gasteiger partial charge in [0.1, 0.15) is 5.60 Å². The number of hydrogen-bond acceptors (Lipinski definition) is 4. The second kappa shape index (κ2) is 7.14. The maximum absolute atomic E-state index is 6.13. The van der Waals surface area contributed by atoms with Gasteiger partial charge in [0.2, 0.25) is 0 Å². The Hall–Kier alpha value is -1.00. The number of hydrogen-bond donors (Lipinski definition) is 1. The van der Waals surface area contributed by atoms with Crippen LogP contribution in [0.5, 0.6) is 0 Å². The molecule has 1 saturated carbocycles. The van der Waals surface area contributed by atoms with E-state index in [-0.39, 0.29) is 5.60 Å². The van der Waals surface area contributed by atoms with Gasteiger partial charge in [0, 0.05) is 18.8 Å². The lowest BCUT2D eigenvalue weighted by Crippen LogP contribution is -2.35. The van der Waals surface area contributed by atoms with Gasteiger partial charge in [-0.3, -0.25) is 0 Å². The van der Waals surface area contributed by atoms with Gasteiger partial charge >= 0.3 is 0 Å². The molecule has 1 aromatic rings. The molecule has 1 aliphatic carbocycles. The molecule has 4 heteroatoms. The van der Waals surface area contributed by atoms with E-state index in [1.54, 1.807) is 0 Å². The van der Waals surface area contributed by atoms with Gasteiger partial charge < -0.3 is 10.1 Å². The molecule has 0 bridgehead atoms. The highest BCUT2D eigenvalue weighted by atomic mass is 16.5. The molecular formula is C16H27N3O. The third kappa shape index (κ3) is 3.55. The zero-order valence-electron chi connectivity index (χ0n) is 13.0. The number of nitrogens with one attached hydrogen (secondary N) is 1. The molecule has 0 aromatic carbocycles. The van der Waals surface area contributed by atoms with Crippen molar-refractivity contribution in [2.75, 3.05) is 13.2 Å². The molecule has 0 radical (unpaired) electrons. The van der Waals surface area contributed by atoms with Gasteiger partial charge in [-0.2, -0.15) is 0 Å². The van der Waals surface area contributed by atoms with Crippen LogP contribution in [0.25, 0.3) is 0 Å². The van der Waals surface area contributed by atoms with Crippen LogP contribution < -0.4 is 5.32 Å². The standard InChI is InChI=1S/C16H27N3O/c1-4-17-12-14-11-13(3)18-15(19-14)16(20-5-2)9-7-6-8-10-16/h11,17H,4-10,12H2,1-3H3. The molecule has 0 saturated heterocycles. The molecule has 1 aromatic heterocycles. The van der Waals surface area contributed by atoms with Crippen molar-refractivity contribution >= 4 is 0 Å². The van der Waals surface area contributed by atoms with E-state index < -0.39 is 0 Å². The average molecular weight is 277 g/mol. The lowest BCUT2D eigenvalue weighted by atomic mass is 9.83. The Morgan fingerprint density at radius 3 is 2.60 bits per heavy atom. The normalized spacial score (nSPS) is 18.1. The van der Waals surface area contributed by atoms with Crippen LogP contribution in [0.1, 0.15) is 63.2 Å². The summed E-state index contributed by atoms with van der Waals surface area (Å²) < 4.78 is 6.13. The van der Waals surface area contributed by atoms with Gasteiger partial charge in [-0.05, 0) is 39.3 Å². The van der Waals surface area contributed by atoms with Gasteiger partial charge in [-0.25, -0.2) is 9.97 Å². The van der Waals surface area contributed by atoms with E-state index in [2.05, 4.69) is 25.2 Å². The van der Waals surface area contributed by atoms with Crippen LogP contribution in [0, 0.1) is 6.92 Å². The monoisotopic (exact) mass is 277 g/mol. The van der Waals surface area contributed by atoms with Crippen LogP contribution >= 0.6 is 0 Å². The van der Waals surface area contributed by atoms with Crippen molar-refractivity contribution in [2.45, 2.75) is 65.0 Å². The van der Waals surface area contributed by atoms with Crippen molar-refractivity contribution in [3.05, 3.63) is 23.3 Å². The molecule has 1 N–H and O–H groups in total. The second-order valence-corrected chi connectivity index (χ2v) is 5.59. The van der Waals surface area contributed by atoms with Crippen molar-refractivity contribution in [2.24, 2.45) is 0 Å². The smallest absolute Gasteiger partial charge is 0.160 e. The molecule has 20 heavy (non-hydrogen) atoms. The summed E-state index contributed by atoms with van der Waals surface area (Å²) in [6.45, 7) is 8.69. The maximum atomic E-state index is 6.13. The Morgan fingerprint density at radius 2 is 1.95 bits per heavy atom. The quantitative estimate of drug-likeness (QED) is 0.868. The van der Waals surface area contributed by atoms with Crippen molar-refractivity contribution in [3.63, 3.8) is 0 Å². The largest absolute Gasteiger partial charge is 0.367 e. The van der Waals surface area contributed by atoms with Gasteiger partial charge in [0.05, 0.1) is 5.69 Å². The maximum Gasteiger partial charge on any atom is 0.160 e. The molecule has 0 aliphatic heterocycles. The molecule has 0 amide bonds. The van der Waals surface area contributed by atoms with Gasteiger partial charge in [-0.15, -0.1) is 0 Å². The summed E-state index contributed by atoms with van der Waals surface area (Å²) in [6, 6.07) is 2.06.